The first kappa shape index (κ1) is 16.5. The van der Waals surface area contributed by atoms with Crippen LogP contribution in [0.15, 0.2) is 28.9 Å². The molecule has 1 aromatic rings. The van der Waals surface area contributed by atoms with E-state index in [1.807, 2.05) is 27.7 Å². The smallest absolute Gasteiger partial charge is 0.398 e. The number of hydrogen-bond acceptors (Lipinski definition) is 3. The molecule has 4 nitrogen and oxygen atoms in total. The van der Waals surface area contributed by atoms with Crippen LogP contribution in [0.1, 0.15) is 46.1 Å². The summed E-state index contributed by atoms with van der Waals surface area (Å²) in [5, 5.41) is 0. The van der Waals surface area contributed by atoms with E-state index < -0.39 is 24.0 Å². The molecule has 0 radical (unpaired) electrons. The monoisotopic (exact) mass is 319 g/mol. The van der Waals surface area contributed by atoms with E-state index in [1.54, 1.807) is 22.9 Å². The zero-order chi connectivity index (χ0) is 16.8. The Balaban J connectivity index is 1.83. The van der Waals surface area contributed by atoms with E-state index in [1.165, 1.54) is 6.08 Å². The molecule has 3 rings (SSSR count). The van der Waals surface area contributed by atoms with Gasteiger partial charge in [-0.2, -0.15) is 0 Å². The SMILES string of the molecule is CC1(C)OB(C(F)=Cc2cccn(CC3CC3)c2=O)OC1(C)C. The van der Waals surface area contributed by atoms with E-state index in [4.69, 9.17) is 9.31 Å². The van der Waals surface area contributed by atoms with Crippen LogP contribution in [0.3, 0.4) is 0 Å². The molecule has 2 aliphatic rings. The van der Waals surface area contributed by atoms with Crippen molar-refractivity contribution in [1.82, 2.24) is 4.57 Å². The van der Waals surface area contributed by atoms with Crippen molar-refractivity contribution >= 4 is 13.2 Å². The first-order valence-corrected chi connectivity index (χ1v) is 8.12. The Morgan fingerprint density at radius 1 is 1.35 bits per heavy atom. The summed E-state index contributed by atoms with van der Waals surface area (Å²) >= 11 is 0. The molecule has 1 saturated carbocycles. The Bertz CT molecular complexity index is 675. The highest BCUT2D eigenvalue weighted by Crippen LogP contribution is 2.39. The van der Waals surface area contributed by atoms with Gasteiger partial charge in [0, 0.05) is 18.3 Å². The lowest BCUT2D eigenvalue weighted by molar-refractivity contribution is 0.00578. The van der Waals surface area contributed by atoms with Crippen molar-refractivity contribution in [3.05, 3.63) is 40.0 Å². The molecule has 2 fully saturated rings. The van der Waals surface area contributed by atoms with E-state index in [0.29, 0.717) is 18.0 Å². The number of halogens is 1. The lowest BCUT2D eigenvalue weighted by Crippen LogP contribution is -2.41. The highest BCUT2D eigenvalue weighted by molar-refractivity contribution is 6.54. The van der Waals surface area contributed by atoms with Crippen molar-refractivity contribution in [3.8, 4) is 0 Å². The molecule has 1 aliphatic carbocycles. The van der Waals surface area contributed by atoms with Crippen LogP contribution in [-0.4, -0.2) is 22.9 Å². The Labute approximate surface area is 136 Å². The number of aromatic nitrogens is 1. The van der Waals surface area contributed by atoms with Gasteiger partial charge in [-0.05, 0) is 64.7 Å². The third-order valence-electron chi connectivity index (χ3n) is 4.97. The number of nitrogens with zero attached hydrogens (tertiary/aromatic N) is 1. The molecule has 0 bridgehead atoms. The topological polar surface area (TPSA) is 40.5 Å². The summed E-state index contributed by atoms with van der Waals surface area (Å²) in [6.45, 7) is 8.17. The van der Waals surface area contributed by atoms with Gasteiger partial charge in [-0.1, -0.05) is 0 Å². The lowest BCUT2D eigenvalue weighted by Gasteiger charge is -2.32. The minimum atomic E-state index is -1.07. The third kappa shape index (κ3) is 3.28. The van der Waals surface area contributed by atoms with Gasteiger partial charge >= 0.3 is 7.12 Å². The summed E-state index contributed by atoms with van der Waals surface area (Å²) in [6.07, 6.45) is 5.31. The van der Waals surface area contributed by atoms with Crippen molar-refractivity contribution in [2.75, 3.05) is 0 Å². The molecule has 0 aromatic carbocycles. The average Bonchev–Trinajstić information content (AvgIpc) is 3.22. The van der Waals surface area contributed by atoms with E-state index >= 15 is 0 Å². The standard InChI is InChI=1S/C17H23BFNO3/c1-16(2)17(3,4)23-18(22-16)14(19)10-13-6-5-9-20(15(13)21)11-12-7-8-12/h5-6,9-10,12H,7-8,11H2,1-4H3. The molecule has 2 heterocycles. The van der Waals surface area contributed by atoms with E-state index in [9.17, 15) is 9.18 Å². The van der Waals surface area contributed by atoms with Crippen molar-refractivity contribution < 1.29 is 13.7 Å². The van der Waals surface area contributed by atoms with Crippen molar-refractivity contribution in [2.45, 2.75) is 58.3 Å². The molecule has 23 heavy (non-hydrogen) atoms. The molecule has 1 saturated heterocycles. The summed E-state index contributed by atoms with van der Waals surface area (Å²) < 4.78 is 27.5. The average molecular weight is 319 g/mol. The summed E-state index contributed by atoms with van der Waals surface area (Å²) in [7, 11) is -1.07. The second kappa shape index (κ2) is 5.60. The predicted octanol–water partition coefficient (Wildman–Crippen LogP) is 3.20. The molecule has 0 spiro atoms. The van der Waals surface area contributed by atoms with Gasteiger partial charge < -0.3 is 13.9 Å². The zero-order valence-electron chi connectivity index (χ0n) is 14.1. The Morgan fingerprint density at radius 2 is 1.96 bits per heavy atom. The van der Waals surface area contributed by atoms with Crippen LogP contribution in [-0.2, 0) is 15.9 Å². The summed E-state index contributed by atoms with van der Waals surface area (Å²) in [6, 6.07) is 3.39. The van der Waals surface area contributed by atoms with Crippen molar-refractivity contribution in [3.63, 3.8) is 0 Å². The van der Waals surface area contributed by atoms with Gasteiger partial charge in [0.05, 0.1) is 11.2 Å². The second-order valence-corrected chi connectivity index (χ2v) is 7.48. The zero-order valence-corrected chi connectivity index (χ0v) is 14.1. The normalized spacial score (nSPS) is 23.3. The van der Waals surface area contributed by atoms with Gasteiger partial charge in [0.1, 0.15) is 5.73 Å². The highest BCUT2D eigenvalue weighted by Gasteiger charge is 2.53. The number of hydrogen-bond donors (Lipinski definition) is 0. The predicted molar refractivity (Wildman–Crippen MR) is 88.6 cm³/mol. The first-order chi connectivity index (χ1) is 10.7. The van der Waals surface area contributed by atoms with E-state index in [2.05, 4.69) is 0 Å². The first-order valence-electron chi connectivity index (χ1n) is 8.12. The van der Waals surface area contributed by atoms with Crippen LogP contribution in [0.4, 0.5) is 4.39 Å². The van der Waals surface area contributed by atoms with Crippen molar-refractivity contribution in [2.24, 2.45) is 5.92 Å². The Hall–Kier alpha value is -1.40. The highest BCUT2D eigenvalue weighted by atomic mass is 19.1. The molecule has 0 N–H and O–H groups in total. The molecule has 0 atom stereocenters. The molecular weight excluding hydrogens is 296 g/mol. The quantitative estimate of drug-likeness (QED) is 0.800. The maximum atomic E-state index is 14.5. The van der Waals surface area contributed by atoms with Crippen LogP contribution in [0.25, 0.3) is 6.08 Å². The van der Waals surface area contributed by atoms with Gasteiger partial charge in [0.2, 0.25) is 0 Å². The molecule has 6 heteroatoms. The number of rotatable bonds is 4. The Kier molecular flexibility index (Phi) is 4.01. The second-order valence-electron chi connectivity index (χ2n) is 7.48. The van der Waals surface area contributed by atoms with Gasteiger partial charge in [0.15, 0.2) is 0 Å². The van der Waals surface area contributed by atoms with Crippen LogP contribution < -0.4 is 5.56 Å². The van der Waals surface area contributed by atoms with Crippen LogP contribution in [0, 0.1) is 5.92 Å². The van der Waals surface area contributed by atoms with Crippen LogP contribution >= 0.6 is 0 Å². The molecule has 1 aromatic heterocycles. The maximum Gasteiger partial charge on any atom is 0.525 e. The Morgan fingerprint density at radius 3 is 2.52 bits per heavy atom. The lowest BCUT2D eigenvalue weighted by atomic mass is 9.87. The van der Waals surface area contributed by atoms with Gasteiger partial charge in [-0.25, -0.2) is 4.39 Å². The minimum Gasteiger partial charge on any atom is -0.398 e. The van der Waals surface area contributed by atoms with E-state index in [0.717, 1.165) is 12.8 Å². The fraction of sp³-hybridized carbons (Fsp3) is 0.588. The molecule has 0 amide bonds. The molecule has 1 aliphatic heterocycles. The fourth-order valence-electron chi connectivity index (χ4n) is 2.56. The van der Waals surface area contributed by atoms with E-state index in [-0.39, 0.29) is 5.56 Å². The molecular formula is C17H23BFNO3. The van der Waals surface area contributed by atoms with Gasteiger partial charge in [-0.3, -0.25) is 4.79 Å². The molecule has 0 unspecified atom stereocenters. The number of pyridine rings is 1. The summed E-state index contributed by atoms with van der Waals surface area (Å²) in [5.74, 6) is 0.583. The summed E-state index contributed by atoms with van der Waals surface area (Å²) in [5.41, 5.74) is -1.64. The van der Waals surface area contributed by atoms with Crippen LogP contribution in [0.2, 0.25) is 0 Å². The maximum absolute atomic E-state index is 14.5. The minimum absolute atomic E-state index is 0.175. The largest absolute Gasteiger partial charge is 0.525 e. The van der Waals surface area contributed by atoms with Gasteiger partial charge in [-0.15, -0.1) is 0 Å². The molecule has 124 valence electrons. The van der Waals surface area contributed by atoms with Crippen molar-refractivity contribution in [1.29, 1.82) is 0 Å². The van der Waals surface area contributed by atoms with Gasteiger partial charge in [0.25, 0.3) is 5.56 Å². The third-order valence-corrected chi connectivity index (χ3v) is 4.97. The summed E-state index contributed by atoms with van der Waals surface area (Å²) in [4.78, 5) is 12.4. The fourth-order valence-corrected chi connectivity index (χ4v) is 2.56. The van der Waals surface area contributed by atoms with Crippen LogP contribution in [0.5, 0.6) is 0 Å².